The minimum Gasteiger partial charge on any atom is -0.327 e. The molecule has 2 unspecified atom stereocenters. The molecule has 2 atom stereocenters. The number of rotatable bonds is 3. The fourth-order valence-corrected chi connectivity index (χ4v) is 2.78. The number of fused-ring (bicyclic) bond motifs is 1. The monoisotopic (exact) mass is 259 g/mol. The van der Waals surface area contributed by atoms with Crippen molar-refractivity contribution in [1.82, 2.24) is 0 Å². The van der Waals surface area contributed by atoms with Crippen LogP contribution in [0.1, 0.15) is 22.6 Å². The molecule has 0 saturated heterocycles. The van der Waals surface area contributed by atoms with Gasteiger partial charge in [0.2, 0.25) is 0 Å². The molecule has 0 fully saturated rings. The molecule has 0 bridgehead atoms. The zero-order chi connectivity index (χ0) is 13.4. The molecule has 0 radical (unpaired) electrons. The van der Waals surface area contributed by atoms with Gasteiger partial charge in [-0.3, -0.25) is 0 Å². The van der Waals surface area contributed by atoms with Crippen LogP contribution in [0.5, 0.6) is 0 Å². The Hall–Kier alpha value is -1.74. The van der Waals surface area contributed by atoms with Crippen molar-refractivity contribution in [2.75, 3.05) is 0 Å². The van der Waals surface area contributed by atoms with Gasteiger partial charge in [0.05, 0.1) is 0 Å². The third-order valence-electron chi connectivity index (χ3n) is 3.90. The lowest BCUT2D eigenvalue weighted by molar-refractivity contribution is 0.457. The van der Waals surface area contributed by atoms with Gasteiger partial charge in [-0.2, -0.15) is 0 Å². The van der Waals surface area contributed by atoms with E-state index in [1.54, 1.807) is 6.07 Å². The van der Waals surface area contributed by atoms with Gasteiger partial charge in [0.25, 0.3) is 0 Å². The second kappa shape index (κ2) is 4.74. The first-order chi connectivity index (χ1) is 9.16. The van der Waals surface area contributed by atoms with Crippen LogP contribution in [0.3, 0.4) is 0 Å². The zero-order valence-electron chi connectivity index (χ0n) is 10.4. The molecule has 0 heterocycles. The number of benzene rings is 2. The van der Waals surface area contributed by atoms with Gasteiger partial charge in [-0.1, -0.05) is 36.4 Å². The Labute approximate surface area is 111 Å². The molecule has 2 aromatic rings. The maximum absolute atomic E-state index is 13.6. The molecule has 0 aromatic heterocycles. The van der Waals surface area contributed by atoms with Crippen molar-refractivity contribution in [2.45, 2.75) is 24.8 Å². The summed E-state index contributed by atoms with van der Waals surface area (Å²) in [4.78, 5) is 0. The SMILES string of the molecule is NC(Cc1cccc(F)c1F)C1Cc2ccccc21. The third kappa shape index (κ3) is 2.15. The fourth-order valence-electron chi connectivity index (χ4n) is 2.78. The van der Waals surface area contributed by atoms with Gasteiger partial charge in [-0.05, 0) is 35.6 Å². The highest BCUT2D eigenvalue weighted by Crippen LogP contribution is 2.37. The fraction of sp³-hybridized carbons (Fsp3) is 0.250. The molecule has 2 aromatic carbocycles. The summed E-state index contributed by atoms with van der Waals surface area (Å²) in [5, 5.41) is 0. The van der Waals surface area contributed by atoms with Gasteiger partial charge in [-0.15, -0.1) is 0 Å². The second-order valence-electron chi connectivity index (χ2n) is 5.09. The molecule has 3 rings (SSSR count). The first-order valence-electron chi connectivity index (χ1n) is 6.43. The molecular formula is C16H15F2N. The van der Waals surface area contributed by atoms with Crippen LogP contribution >= 0.6 is 0 Å². The number of nitrogens with two attached hydrogens (primary N) is 1. The average Bonchev–Trinajstić information content (AvgIpc) is 2.36. The lowest BCUT2D eigenvalue weighted by Gasteiger charge is -2.34. The van der Waals surface area contributed by atoms with E-state index in [2.05, 4.69) is 12.1 Å². The Balaban J connectivity index is 1.77. The number of hydrogen-bond donors (Lipinski definition) is 1. The highest BCUT2D eigenvalue weighted by Gasteiger charge is 2.31. The summed E-state index contributed by atoms with van der Waals surface area (Å²) in [6, 6.07) is 12.2. The van der Waals surface area contributed by atoms with Crippen LogP contribution in [0.2, 0.25) is 0 Å². The molecule has 3 heteroatoms. The van der Waals surface area contributed by atoms with E-state index in [4.69, 9.17) is 5.73 Å². The maximum atomic E-state index is 13.6. The van der Waals surface area contributed by atoms with Gasteiger partial charge < -0.3 is 5.73 Å². The quantitative estimate of drug-likeness (QED) is 0.900. The van der Waals surface area contributed by atoms with Crippen LogP contribution in [-0.4, -0.2) is 6.04 Å². The third-order valence-corrected chi connectivity index (χ3v) is 3.90. The number of halogens is 2. The topological polar surface area (TPSA) is 26.0 Å². The van der Waals surface area contributed by atoms with Gasteiger partial charge in [0.15, 0.2) is 11.6 Å². The zero-order valence-corrected chi connectivity index (χ0v) is 10.4. The van der Waals surface area contributed by atoms with Crippen molar-refractivity contribution < 1.29 is 8.78 Å². The highest BCUT2D eigenvalue weighted by atomic mass is 19.2. The molecule has 0 saturated carbocycles. The standard InChI is InChI=1S/C16H15F2N/c17-14-7-3-5-11(16(14)18)9-15(19)13-8-10-4-1-2-6-12(10)13/h1-7,13,15H,8-9,19H2. The first-order valence-corrected chi connectivity index (χ1v) is 6.43. The van der Waals surface area contributed by atoms with E-state index in [9.17, 15) is 8.78 Å². The summed E-state index contributed by atoms with van der Waals surface area (Å²) < 4.78 is 26.8. The van der Waals surface area contributed by atoms with Crippen molar-refractivity contribution in [1.29, 1.82) is 0 Å². The summed E-state index contributed by atoms with van der Waals surface area (Å²) in [5.74, 6) is -1.33. The molecule has 19 heavy (non-hydrogen) atoms. The minimum atomic E-state index is -0.807. The largest absolute Gasteiger partial charge is 0.327 e. The Morgan fingerprint density at radius 1 is 1.11 bits per heavy atom. The molecule has 0 amide bonds. The van der Waals surface area contributed by atoms with Crippen molar-refractivity contribution in [3.8, 4) is 0 Å². The maximum Gasteiger partial charge on any atom is 0.162 e. The van der Waals surface area contributed by atoms with E-state index in [0.717, 1.165) is 12.5 Å². The van der Waals surface area contributed by atoms with E-state index in [1.165, 1.54) is 17.2 Å². The van der Waals surface area contributed by atoms with E-state index >= 15 is 0 Å². The van der Waals surface area contributed by atoms with Crippen molar-refractivity contribution in [3.63, 3.8) is 0 Å². The van der Waals surface area contributed by atoms with Crippen LogP contribution in [0.4, 0.5) is 8.78 Å². The molecule has 0 spiro atoms. The Morgan fingerprint density at radius 3 is 2.68 bits per heavy atom. The Morgan fingerprint density at radius 2 is 1.89 bits per heavy atom. The number of hydrogen-bond acceptors (Lipinski definition) is 1. The van der Waals surface area contributed by atoms with Crippen LogP contribution < -0.4 is 5.73 Å². The molecule has 1 aliphatic carbocycles. The molecule has 98 valence electrons. The van der Waals surface area contributed by atoms with Crippen molar-refractivity contribution in [2.24, 2.45) is 5.73 Å². The Kier molecular flexibility index (Phi) is 3.07. The predicted molar refractivity (Wildman–Crippen MR) is 70.9 cm³/mol. The first kappa shape index (κ1) is 12.3. The van der Waals surface area contributed by atoms with Gasteiger partial charge in [0, 0.05) is 12.0 Å². The minimum absolute atomic E-state index is 0.175. The highest BCUT2D eigenvalue weighted by molar-refractivity contribution is 5.41. The van der Waals surface area contributed by atoms with E-state index in [-0.39, 0.29) is 12.0 Å². The van der Waals surface area contributed by atoms with Gasteiger partial charge in [-0.25, -0.2) is 8.78 Å². The average molecular weight is 259 g/mol. The summed E-state index contributed by atoms with van der Waals surface area (Å²) in [6.07, 6.45) is 1.29. The van der Waals surface area contributed by atoms with Gasteiger partial charge in [0.1, 0.15) is 0 Å². The van der Waals surface area contributed by atoms with Crippen LogP contribution in [0, 0.1) is 11.6 Å². The molecule has 0 aliphatic heterocycles. The predicted octanol–water partition coefficient (Wildman–Crippen LogP) is 3.17. The second-order valence-corrected chi connectivity index (χ2v) is 5.09. The molecule has 1 nitrogen and oxygen atoms in total. The summed E-state index contributed by atoms with van der Waals surface area (Å²) in [6.45, 7) is 0. The lowest BCUT2D eigenvalue weighted by atomic mass is 9.72. The Bertz CT molecular complexity index is 609. The molecular weight excluding hydrogens is 244 g/mol. The van der Waals surface area contributed by atoms with Crippen LogP contribution in [0.25, 0.3) is 0 Å². The van der Waals surface area contributed by atoms with E-state index in [0.29, 0.717) is 12.0 Å². The van der Waals surface area contributed by atoms with E-state index < -0.39 is 11.6 Å². The van der Waals surface area contributed by atoms with Crippen molar-refractivity contribution >= 4 is 0 Å². The molecule has 2 N–H and O–H groups in total. The van der Waals surface area contributed by atoms with Crippen molar-refractivity contribution in [3.05, 3.63) is 70.8 Å². The summed E-state index contributed by atoms with van der Waals surface area (Å²) in [5.41, 5.74) is 9.06. The molecule has 1 aliphatic rings. The van der Waals surface area contributed by atoms with Crippen LogP contribution in [0.15, 0.2) is 42.5 Å². The summed E-state index contributed by atoms with van der Waals surface area (Å²) in [7, 11) is 0. The smallest absolute Gasteiger partial charge is 0.162 e. The van der Waals surface area contributed by atoms with Crippen LogP contribution in [-0.2, 0) is 12.8 Å². The summed E-state index contributed by atoms with van der Waals surface area (Å²) >= 11 is 0. The lowest BCUT2D eigenvalue weighted by Crippen LogP contribution is -2.37. The van der Waals surface area contributed by atoms with Gasteiger partial charge >= 0.3 is 0 Å². The normalized spacial score (nSPS) is 18.6. The van der Waals surface area contributed by atoms with E-state index in [1.807, 2.05) is 12.1 Å².